The van der Waals surface area contributed by atoms with Crippen LogP contribution in [-0.2, 0) is 4.74 Å². The van der Waals surface area contributed by atoms with Crippen molar-refractivity contribution in [2.75, 3.05) is 12.3 Å². The molecular formula is C14H14FN3O2. The fourth-order valence-corrected chi connectivity index (χ4v) is 1.89. The summed E-state index contributed by atoms with van der Waals surface area (Å²) in [5, 5.41) is 0. The molecule has 0 unspecified atom stereocenters. The second-order valence-corrected chi connectivity index (χ2v) is 4.09. The van der Waals surface area contributed by atoms with Crippen molar-refractivity contribution in [3.63, 3.8) is 0 Å². The summed E-state index contributed by atoms with van der Waals surface area (Å²) >= 11 is 0. The Morgan fingerprint density at radius 3 is 2.70 bits per heavy atom. The van der Waals surface area contributed by atoms with Crippen LogP contribution in [0.1, 0.15) is 23.0 Å². The van der Waals surface area contributed by atoms with Gasteiger partial charge < -0.3 is 10.5 Å². The van der Waals surface area contributed by atoms with Crippen LogP contribution in [0.25, 0.3) is 11.3 Å². The predicted molar refractivity (Wildman–Crippen MR) is 72.5 cm³/mol. The SMILES string of the molecule is CCOC(=O)c1c(C)nc(N)nc1-c1ccccc1F. The van der Waals surface area contributed by atoms with Crippen molar-refractivity contribution in [3.8, 4) is 11.3 Å². The van der Waals surface area contributed by atoms with E-state index >= 15 is 0 Å². The summed E-state index contributed by atoms with van der Waals surface area (Å²) in [6.45, 7) is 3.50. The third-order valence-corrected chi connectivity index (χ3v) is 2.72. The fourth-order valence-electron chi connectivity index (χ4n) is 1.89. The van der Waals surface area contributed by atoms with Gasteiger partial charge in [0, 0.05) is 5.56 Å². The van der Waals surface area contributed by atoms with E-state index in [1.807, 2.05) is 0 Å². The van der Waals surface area contributed by atoms with Crippen LogP contribution in [0, 0.1) is 12.7 Å². The van der Waals surface area contributed by atoms with E-state index in [-0.39, 0.29) is 29.4 Å². The molecule has 1 aromatic heterocycles. The van der Waals surface area contributed by atoms with Gasteiger partial charge in [-0.05, 0) is 26.0 Å². The van der Waals surface area contributed by atoms with Gasteiger partial charge in [0.2, 0.25) is 5.95 Å². The Labute approximate surface area is 115 Å². The molecule has 0 radical (unpaired) electrons. The molecule has 0 spiro atoms. The minimum atomic E-state index is -0.594. The van der Waals surface area contributed by atoms with E-state index in [0.717, 1.165) is 0 Å². The van der Waals surface area contributed by atoms with Crippen LogP contribution in [0.5, 0.6) is 0 Å². The highest BCUT2D eigenvalue weighted by Gasteiger charge is 2.22. The summed E-state index contributed by atoms with van der Waals surface area (Å²) < 4.78 is 18.9. The Kier molecular flexibility index (Phi) is 3.93. The van der Waals surface area contributed by atoms with Crippen LogP contribution >= 0.6 is 0 Å². The molecule has 2 rings (SSSR count). The lowest BCUT2D eigenvalue weighted by atomic mass is 10.0. The molecule has 1 aromatic carbocycles. The molecule has 6 heteroatoms. The normalized spacial score (nSPS) is 10.3. The second kappa shape index (κ2) is 5.64. The number of aryl methyl sites for hydroxylation is 1. The van der Waals surface area contributed by atoms with Gasteiger partial charge in [0.25, 0.3) is 0 Å². The Morgan fingerprint density at radius 2 is 2.05 bits per heavy atom. The molecule has 1 heterocycles. The zero-order valence-electron chi connectivity index (χ0n) is 11.2. The van der Waals surface area contributed by atoms with Gasteiger partial charge in [-0.15, -0.1) is 0 Å². The molecule has 0 fully saturated rings. The maximum absolute atomic E-state index is 13.9. The third kappa shape index (κ3) is 2.59. The molecule has 0 aliphatic heterocycles. The van der Waals surface area contributed by atoms with Gasteiger partial charge in [0.05, 0.1) is 18.0 Å². The molecule has 0 atom stereocenters. The average Bonchev–Trinajstić information content (AvgIpc) is 2.38. The Morgan fingerprint density at radius 1 is 1.35 bits per heavy atom. The van der Waals surface area contributed by atoms with Crippen LogP contribution in [0.4, 0.5) is 10.3 Å². The molecule has 0 aliphatic rings. The van der Waals surface area contributed by atoms with Crippen molar-refractivity contribution in [2.24, 2.45) is 0 Å². The zero-order valence-corrected chi connectivity index (χ0v) is 11.2. The van der Waals surface area contributed by atoms with Gasteiger partial charge in [-0.25, -0.2) is 19.2 Å². The summed E-state index contributed by atoms with van der Waals surface area (Å²) in [7, 11) is 0. The number of carbonyl (C=O) groups excluding carboxylic acids is 1. The first-order valence-corrected chi connectivity index (χ1v) is 6.10. The smallest absolute Gasteiger partial charge is 0.342 e. The average molecular weight is 275 g/mol. The van der Waals surface area contributed by atoms with E-state index in [4.69, 9.17) is 10.5 Å². The summed E-state index contributed by atoms with van der Waals surface area (Å²) in [5.41, 5.74) is 6.41. The van der Waals surface area contributed by atoms with Crippen molar-refractivity contribution in [1.29, 1.82) is 0 Å². The molecule has 0 aliphatic carbocycles. The van der Waals surface area contributed by atoms with Crippen LogP contribution in [0.15, 0.2) is 24.3 Å². The summed E-state index contributed by atoms with van der Waals surface area (Å²) in [5.74, 6) is -1.10. The lowest BCUT2D eigenvalue weighted by molar-refractivity contribution is 0.0525. The number of ether oxygens (including phenoxy) is 1. The Balaban J connectivity index is 2.68. The number of halogens is 1. The largest absolute Gasteiger partial charge is 0.462 e. The molecule has 0 saturated carbocycles. The van der Waals surface area contributed by atoms with Gasteiger partial charge in [-0.1, -0.05) is 12.1 Å². The van der Waals surface area contributed by atoms with E-state index in [9.17, 15) is 9.18 Å². The molecule has 0 amide bonds. The van der Waals surface area contributed by atoms with Gasteiger partial charge in [0.15, 0.2) is 0 Å². The predicted octanol–water partition coefficient (Wildman–Crippen LogP) is 2.35. The van der Waals surface area contributed by atoms with Gasteiger partial charge in [0.1, 0.15) is 11.4 Å². The van der Waals surface area contributed by atoms with Crippen molar-refractivity contribution in [2.45, 2.75) is 13.8 Å². The number of nitrogens with two attached hydrogens (primary N) is 1. The highest BCUT2D eigenvalue weighted by molar-refractivity contribution is 5.97. The molecule has 0 bridgehead atoms. The first kappa shape index (κ1) is 13.9. The van der Waals surface area contributed by atoms with E-state index in [2.05, 4.69) is 9.97 Å². The fraction of sp³-hybridized carbons (Fsp3) is 0.214. The first-order chi connectivity index (χ1) is 9.54. The lowest BCUT2D eigenvalue weighted by Crippen LogP contribution is -2.13. The standard InChI is InChI=1S/C14H14FN3O2/c1-3-20-13(19)11-8(2)17-14(16)18-12(11)9-6-4-5-7-10(9)15/h4-7H,3H2,1-2H3,(H2,16,17,18). The van der Waals surface area contributed by atoms with E-state index in [1.54, 1.807) is 26.0 Å². The molecular weight excluding hydrogens is 261 g/mol. The monoisotopic (exact) mass is 275 g/mol. The number of rotatable bonds is 3. The number of nitrogen functional groups attached to an aromatic ring is 1. The summed E-state index contributed by atoms with van der Waals surface area (Å²) in [4.78, 5) is 19.9. The number of aromatic nitrogens is 2. The number of carbonyl (C=O) groups is 1. The summed E-state index contributed by atoms with van der Waals surface area (Å²) in [6, 6.07) is 6.03. The van der Waals surface area contributed by atoms with Crippen molar-refractivity contribution in [3.05, 3.63) is 41.3 Å². The van der Waals surface area contributed by atoms with E-state index in [0.29, 0.717) is 5.69 Å². The maximum atomic E-state index is 13.9. The van der Waals surface area contributed by atoms with Crippen LogP contribution < -0.4 is 5.73 Å². The topological polar surface area (TPSA) is 78.1 Å². The minimum Gasteiger partial charge on any atom is -0.462 e. The second-order valence-electron chi connectivity index (χ2n) is 4.09. The third-order valence-electron chi connectivity index (χ3n) is 2.72. The van der Waals surface area contributed by atoms with Crippen molar-refractivity contribution < 1.29 is 13.9 Å². The molecule has 0 saturated heterocycles. The highest BCUT2D eigenvalue weighted by atomic mass is 19.1. The van der Waals surface area contributed by atoms with Crippen LogP contribution in [-0.4, -0.2) is 22.5 Å². The number of benzene rings is 1. The molecule has 2 N–H and O–H groups in total. The van der Waals surface area contributed by atoms with Crippen LogP contribution in [0.3, 0.4) is 0 Å². The summed E-state index contributed by atoms with van der Waals surface area (Å²) in [6.07, 6.45) is 0. The number of hydrogen-bond acceptors (Lipinski definition) is 5. The molecule has 20 heavy (non-hydrogen) atoms. The minimum absolute atomic E-state index is 0.0196. The van der Waals surface area contributed by atoms with E-state index < -0.39 is 11.8 Å². The molecule has 104 valence electrons. The number of esters is 1. The lowest BCUT2D eigenvalue weighted by Gasteiger charge is -2.11. The molecule has 2 aromatic rings. The van der Waals surface area contributed by atoms with Crippen molar-refractivity contribution in [1.82, 2.24) is 9.97 Å². The quantitative estimate of drug-likeness (QED) is 0.870. The number of hydrogen-bond donors (Lipinski definition) is 1. The number of anilines is 1. The Bertz CT molecular complexity index is 659. The highest BCUT2D eigenvalue weighted by Crippen LogP contribution is 2.27. The zero-order chi connectivity index (χ0) is 14.7. The van der Waals surface area contributed by atoms with Gasteiger partial charge in [-0.3, -0.25) is 0 Å². The number of nitrogens with zero attached hydrogens (tertiary/aromatic N) is 2. The maximum Gasteiger partial charge on any atom is 0.342 e. The van der Waals surface area contributed by atoms with Crippen LogP contribution in [0.2, 0.25) is 0 Å². The van der Waals surface area contributed by atoms with Gasteiger partial charge in [-0.2, -0.15) is 0 Å². The molecule has 5 nitrogen and oxygen atoms in total. The van der Waals surface area contributed by atoms with E-state index in [1.165, 1.54) is 12.1 Å². The van der Waals surface area contributed by atoms with Crippen molar-refractivity contribution >= 4 is 11.9 Å². The first-order valence-electron chi connectivity index (χ1n) is 6.10. The van der Waals surface area contributed by atoms with Gasteiger partial charge >= 0.3 is 5.97 Å². The Hall–Kier alpha value is -2.50.